The van der Waals surface area contributed by atoms with Crippen LogP contribution < -0.4 is 15.2 Å². The van der Waals surface area contributed by atoms with E-state index in [1.54, 1.807) is 14.2 Å². The minimum absolute atomic E-state index is 0.119. The maximum Gasteiger partial charge on any atom is 0.122 e. The predicted molar refractivity (Wildman–Crippen MR) is 59.2 cm³/mol. The van der Waals surface area contributed by atoms with Crippen molar-refractivity contribution < 1.29 is 9.47 Å². The number of ether oxygens (including phenoxy) is 2. The molecule has 2 rings (SSSR count). The number of hydrogen-bond donors (Lipinski definition) is 1. The van der Waals surface area contributed by atoms with E-state index in [4.69, 9.17) is 15.2 Å². The second kappa shape index (κ2) is 4.11. The Kier molecular flexibility index (Phi) is 2.82. The van der Waals surface area contributed by atoms with Gasteiger partial charge in [0.15, 0.2) is 0 Å². The van der Waals surface area contributed by atoms with Crippen molar-refractivity contribution in [1.29, 1.82) is 0 Å². The molecule has 1 aliphatic carbocycles. The van der Waals surface area contributed by atoms with Gasteiger partial charge in [0, 0.05) is 12.1 Å². The minimum atomic E-state index is 0.119. The molecule has 1 atom stereocenters. The van der Waals surface area contributed by atoms with E-state index in [2.05, 4.69) is 0 Å². The first-order chi connectivity index (χ1) is 7.24. The molecular formula is C12H17NO2. The topological polar surface area (TPSA) is 44.5 Å². The van der Waals surface area contributed by atoms with Crippen LogP contribution in [0.2, 0.25) is 0 Å². The molecule has 0 spiro atoms. The molecule has 0 heterocycles. The third-order valence-corrected chi connectivity index (χ3v) is 2.89. The molecule has 1 aliphatic rings. The second-order valence-electron chi connectivity index (χ2n) is 4.01. The van der Waals surface area contributed by atoms with Crippen molar-refractivity contribution in [1.82, 2.24) is 0 Å². The molecule has 0 bridgehead atoms. The first-order valence-electron chi connectivity index (χ1n) is 5.23. The van der Waals surface area contributed by atoms with Crippen LogP contribution in [0.1, 0.15) is 24.4 Å². The van der Waals surface area contributed by atoms with E-state index in [1.807, 2.05) is 18.2 Å². The van der Waals surface area contributed by atoms with E-state index in [0.29, 0.717) is 5.92 Å². The summed E-state index contributed by atoms with van der Waals surface area (Å²) in [5.41, 5.74) is 7.24. The first-order valence-corrected chi connectivity index (χ1v) is 5.23. The van der Waals surface area contributed by atoms with Gasteiger partial charge in [-0.1, -0.05) is 0 Å². The van der Waals surface area contributed by atoms with Gasteiger partial charge in [-0.25, -0.2) is 0 Å². The van der Waals surface area contributed by atoms with Gasteiger partial charge in [0.05, 0.1) is 14.2 Å². The van der Waals surface area contributed by atoms with Crippen LogP contribution in [0.15, 0.2) is 18.2 Å². The molecule has 1 fully saturated rings. The maximum absolute atomic E-state index is 6.14. The number of rotatable bonds is 4. The van der Waals surface area contributed by atoms with Gasteiger partial charge in [0.2, 0.25) is 0 Å². The van der Waals surface area contributed by atoms with Crippen molar-refractivity contribution >= 4 is 0 Å². The monoisotopic (exact) mass is 207 g/mol. The van der Waals surface area contributed by atoms with Gasteiger partial charge in [0.1, 0.15) is 11.5 Å². The average molecular weight is 207 g/mol. The van der Waals surface area contributed by atoms with Crippen molar-refractivity contribution in [3.05, 3.63) is 23.8 Å². The van der Waals surface area contributed by atoms with Gasteiger partial charge in [0.25, 0.3) is 0 Å². The normalized spacial score (nSPS) is 17.3. The average Bonchev–Trinajstić information content (AvgIpc) is 3.11. The molecular weight excluding hydrogens is 190 g/mol. The summed E-state index contributed by atoms with van der Waals surface area (Å²) < 4.78 is 10.4. The molecule has 1 unspecified atom stereocenters. The molecule has 2 N–H and O–H groups in total. The summed E-state index contributed by atoms with van der Waals surface area (Å²) in [5, 5.41) is 0. The van der Waals surface area contributed by atoms with Crippen LogP contribution in [-0.4, -0.2) is 14.2 Å². The Bertz CT molecular complexity index is 325. The lowest BCUT2D eigenvalue weighted by Crippen LogP contribution is -2.12. The fourth-order valence-electron chi connectivity index (χ4n) is 1.75. The molecule has 3 heteroatoms. The molecule has 3 nitrogen and oxygen atoms in total. The Morgan fingerprint density at radius 1 is 1.13 bits per heavy atom. The summed E-state index contributed by atoms with van der Waals surface area (Å²) in [6.45, 7) is 0. The van der Waals surface area contributed by atoms with Crippen LogP contribution in [0.3, 0.4) is 0 Å². The second-order valence-corrected chi connectivity index (χ2v) is 4.01. The minimum Gasteiger partial charge on any atom is -0.497 e. The van der Waals surface area contributed by atoms with Crippen molar-refractivity contribution in [3.63, 3.8) is 0 Å². The largest absolute Gasteiger partial charge is 0.497 e. The fraction of sp³-hybridized carbons (Fsp3) is 0.500. The Labute approximate surface area is 90.2 Å². The Morgan fingerprint density at radius 2 is 1.67 bits per heavy atom. The summed E-state index contributed by atoms with van der Waals surface area (Å²) >= 11 is 0. The molecule has 1 saturated carbocycles. The van der Waals surface area contributed by atoms with Crippen molar-refractivity contribution in [2.75, 3.05) is 14.2 Å². The molecule has 0 saturated heterocycles. The summed E-state index contributed by atoms with van der Waals surface area (Å²) in [7, 11) is 3.31. The van der Waals surface area contributed by atoms with E-state index in [0.717, 1.165) is 17.1 Å². The molecule has 0 radical (unpaired) electrons. The molecule has 0 amide bonds. The fourth-order valence-corrected chi connectivity index (χ4v) is 1.75. The standard InChI is InChI=1S/C12H17NO2/c1-14-10-5-9(6-11(7-10)15-2)12(13)8-3-4-8/h5-8,12H,3-4,13H2,1-2H3. The summed E-state index contributed by atoms with van der Waals surface area (Å²) in [6, 6.07) is 5.97. The molecule has 15 heavy (non-hydrogen) atoms. The number of hydrogen-bond acceptors (Lipinski definition) is 3. The number of nitrogens with two attached hydrogens (primary N) is 1. The van der Waals surface area contributed by atoms with E-state index in [-0.39, 0.29) is 6.04 Å². The van der Waals surface area contributed by atoms with Gasteiger partial charge >= 0.3 is 0 Å². The van der Waals surface area contributed by atoms with Crippen LogP contribution >= 0.6 is 0 Å². The first kappa shape index (κ1) is 10.3. The number of benzene rings is 1. The zero-order valence-corrected chi connectivity index (χ0v) is 9.19. The smallest absolute Gasteiger partial charge is 0.122 e. The van der Waals surface area contributed by atoms with Crippen molar-refractivity contribution in [2.24, 2.45) is 11.7 Å². The third-order valence-electron chi connectivity index (χ3n) is 2.89. The Balaban J connectivity index is 2.28. The highest BCUT2D eigenvalue weighted by atomic mass is 16.5. The van der Waals surface area contributed by atoms with Gasteiger partial charge in [-0.05, 0) is 36.5 Å². The van der Waals surface area contributed by atoms with Gasteiger partial charge in [-0.15, -0.1) is 0 Å². The quantitative estimate of drug-likeness (QED) is 0.822. The highest BCUT2D eigenvalue weighted by Crippen LogP contribution is 2.41. The molecule has 82 valence electrons. The van der Waals surface area contributed by atoms with Gasteiger partial charge in [-0.2, -0.15) is 0 Å². The summed E-state index contributed by atoms with van der Waals surface area (Å²) in [4.78, 5) is 0. The van der Waals surface area contributed by atoms with Crippen LogP contribution in [-0.2, 0) is 0 Å². The van der Waals surface area contributed by atoms with Crippen LogP contribution in [0.5, 0.6) is 11.5 Å². The lowest BCUT2D eigenvalue weighted by atomic mass is 10.0. The predicted octanol–water partition coefficient (Wildman–Crippen LogP) is 2.11. The van der Waals surface area contributed by atoms with Gasteiger partial charge in [-0.3, -0.25) is 0 Å². The van der Waals surface area contributed by atoms with E-state index < -0.39 is 0 Å². The summed E-state index contributed by atoms with van der Waals surface area (Å²) in [5.74, 6) is 2.25. The summed E-state index contributed by atoms with van der Waals surface area (Å²) in [6.07, 6.45) is 2.47. The van der Waals surface area contributed by atoms with Crippen LogP contribution in [0.25, 0.3) is 0 Å². The van der Waals surface area contributed by atoms with Crippen molar-refractivity contribution in [2.45, 2.75) is 18.9 Å². The van der Waals surface area contributed by atoms with Gasteiger partial charge < -0.3 is 15.2 Å². The molecule has 0 aromatic heterocycles. The SMILES string of the molecule is COc1cc(OC)cc(C(N)C2CC2)c1. The molecule has 1 aromatic rings. The van der Waals surface area contributed by atoms with E-state index in [9.17, 15) is 0 Å². The highest BCUT2D eigenvalue weighted by molar-refractivity contribution is 5.40. The molecule has 1 aromatic carbocycles. The third kappa shape index (κ3) is 2.23. The van der Waals surface area contributed by atoms with E-state index in [1.165, 1.54) is 12.8 Å². The Hall–Kier alpha value is -1.22. The van der Waals surface area contributed by atoms with Crippen molar-refractivity contribution in [3.8, 4) is 11.5 Å². The Morgan fingerprint density at radius 3 is 2.07 bits per heavy atom. The maximum atomic E-state index is 6.14. The highest BCUT2D eigenvalue weighted by Gasteiger charge is 2.29. The van der Waals surface area contributed by atoms with Crippen LogP contribution in [0.4, 0.5) is 0 Å². The lowest BCUT2D eigenvalue weighted by Gasteiger charge is -2.13. The van der Waals surface area contributed by atoms with E-state index >= 15 is 0 Å². The molecule has 0 aliphatic heterocycles. The zero-order valence-electron chi connectivity index (χ0n) is 9.19. The lowest BCUT2D eigenvalue weighted by molar-refractivity contribution is 0.392. The number of methoxy groups -OCH3 is 2. The van der Waals surface area contributed by atoms with Crippen LogP contribution in [0, 0.1) is 5.92 Å². The zero-order chi connectivity index (χ0) is 10.8.